The van der Waals surface area contributed by atoms with Gasteiger partial charge >= 0.3 is 0 Å². The van der Waals surface area contributed by atoms with Crippen molar-refractivity contribution in [1.29, 1.82) is 0 Å². The molecule has 18 heavy (non-hydrogen) atoms. The van der Waals surface area contributed by atoms with Crippen molar-refractivity contribution in [2.45, 2.75) is 19.9 Å². The summed E-state index contributed by atoms with van der Waals surface area (Å²) in [7, 11) is 4.07. The lowest BCUT2D eigenvalue weighted by Crippen LogP contribution is -2.12. The van der Waals surface area contributed by atoms with Gasteiger partial charge in [0.15, 0.2) is 0 Å². The van der Waals surface area contributed by atoms with Crippen LogP contribution in [0.3, 0.4) is 0 Å². The van der Waals surface area contributed by atoms with Crippen molar-refractivity contribution in [3.8, 4) is 0 Å². The molecule has 0 fully saturated rings. The van der Waals surface area contributed by atoms with Gasteiger partial charge < -0.3 is 10.6 Å². The van der Waals surface area contributed by atoms with E-state index in [1.807, 2.05) is 25.7 Å². The van der Waals surface area contributed by atoms with Crippen molar-refractivity contribution < 1.29 is 0 Å². The number of hydrogen-bond acceptors (Lipinski definition) is 3. The number of aryl methyl sites for hydroxylation is 1. The van der Waals surface area contributed by atoms with Gasteiger partial charge in [-0.25, -0.2) is 4.68 Å². The predicted octanol–water partition coefficient (Wildman–Crippen LogP) is 2.45. The van der Waals surface area contributed by atoms with Gasteiger partial charge in [0.05, 0.1) is 12.2 Å². The fourth-order valence-electron chi connectivity index (χ4n) is 1.96. The van der Waals surface area contributed by atoms with Gasteiger partial charge in [0.2, 0.25) is 0 Å². The summed E-state index contributed by atoms with van der Waals surface area (Å²) in [5.74, 6) is 0.735. The Kier molecular flexibility index (Phi) is 3.28. The minimum atomic E-state index is 0.148. The summed E-state index contributed by atoms with van der Waals surface area (Å²) in [6.07, 6.45) is 1.81. The van der Waals surface area contributed by atoms with Crippen molar-refractivity contribution >= 4 is 11.5 Å². The van der Waals surface area contributed by atoms with E-state index in [0.29, 0.717) is 0 Å². The summed E-state index contributed by atoms with van der Waals surface area (Å²) in [6.45, 7) is 4.08. The first-order chi connectivity index (χ1) is 8.50. The summed E-state index contributed by atoms with van der Waals surface area (Å²) >= 11 is 0. The summed E-state index contributed by atoms with van der Waals surface area (Å²) in [6, 6.07) is 8.61. The smallest absolute Gasteiger partial charge is 0.125 e. The largest absolute Gasteiger partial charge is 0.384 e. The summed E-state index contributed by atoms with van der Waals surface area (Å²) in [5, 5.41) is 4.33. The maximum absolute atomic E-state index is 6.01. The fourth-order valence-corrected chi connectivity index (χ4v) is 1.96. The molecule has 1 aromatic heterocycles. The number of aromatic nitrogens is 2. The Hall–Kier alpha value is -1.97. The minimum Gasteiger partial charge on any atom is -0.384 e. The van der Waals surface area contributed by atoms with E-state index in [1.165, 1.54) is 11.3 Å². The number of nitrogens with two attached hydrogens (primary N) is 1. The van der Waals surface area contributed by atoms with E-state index in [9.17, 15) is 0 Å². The molecule has 1 unspecified atom stereocenters. The van der Waals surface area contributed by atoms with E-state index < -0.39 is 0 Å². The van der Waals surface area contributed by atoms with Gasteiger partial charge in [-0.1, -0.05) is 12.1 Å². The van der Waals surface area contributed by atoms with Crippen molar-refractivity contribution in [2.75, 3.05) is 24.7 Å². The lowest BCUT2D eigenvalue weighted by Gasteiger charge is -2.17. The van der Waals surface area contributed by atoms with Gasteiger partial charge in [0, 0.05) is 25.3 Å². The summed E-state index contributed by atoms with van der Waals surface area (Å²) in [4.78, 5) is 2.08. The highest BCUT2D eigenvalue weighted by Crippen LogP contribution is 2.23. The van der Waals surface area contributed by atoms with E-state index in [-0.39, 0.29) is 6.04 Å². The Labute approximate surface area is 108 Å². The van der Waals surface area contributed by atoms with E-state index in [2.05, 4.69) is 41.2 Å². The molecule has 1 aromatic carbocycles. The molecule has 1 atom stereocenters. The van der Waals surface area contributed by atoms with E-state index in [4.69, 9.17) is 5.73 Å². The van der Waals surface area contributed by atoms with Gasteiger partial charge in [-0.2, -0.15) is 5.10 Å². The Morgan fingerprint density at radius 1 is 1.22 bits per heavy atom. The first-order valence-electron chi connectivity index (χ1n) is 6.07. The monoisotopic (exact) mass is 244 g/mol. The fraction of sp³-hybridized carbons (Fsp3) is 0.357. The normalized spacial score (nSPS) is 12.4. The molecule has 0 amide bonds. The molecule has 4 heteroatoms. The van der Waals surface area contributed by atoms with Crippen LogP contribution < -0.4 is 10.6 Å². The zero-order valence-corrected chi connectivity index (χ0v) is 11.4. The van der Waals surface area contributed by atoms with E-state index in [0.717, 1.165) is 11.4 Å². The second-order valence-electron chi connectivity index (χ2n) is 4.82. The molecule has 0 saturated heterocycles. The van der Waals surface area contributed by atoms with Crippen molar-refractivity contribution in [3.63, 3.8) is 0 Å². The highest BCUT2D eigenvalue weighted by atomic mass is 15.3. The zero-order valence-electron chi connectivity index (χ0n) is 11.4. The van der Waals surface area contributed by atoms with Crippen molar-refractivity contribution in [3.05, 3.63) is 41.6 Å². The van der Waals surface area contributed by atoms with Crippen LogP contribution in [-0.2, 0) is 0 Å². The van der Waals surface area contributed by atoms with Gasteiger partial charge in [0.1, 0.15) is 5.82 Å². The molecule has 0 aliphatic heterocycles. The third-order valence-electron chi connectivity index (χ3n) is 3.29. The van der Waals surface area contributed by atoms with Crippen LogP contribution >= 0.6 is 0 Å². The average Bonchev–Trinajstić information content (AvgIpc) is 2.69. The third kappa shape index (κ3) is 2.18. The van der Waals surface area contributed by atoms with Crippen LogP contribution in [0.2, 0.25) is 0 Å². The van der Waals surface area contributed by atoms with E-state index >= 15 is 0 Å². The van der Waals surface area contributed by atoms with Crippen molar-refractivity contribution in [2.24, 2.45) is 0 Å². The lowest BCUT2D eigenvalue weighted by molar-refractivity contribution is 0.573. The maximum atomic E-state index is 6.01. The molecule has 4 nitrogen and oxygen atoms in total. The van der Waals surface area contributed by atoms with Gasteiger partial charge in [-0.3, -0.25) is 0 Å². The molecule has 0 aliphatic rings. The number of nitrogen functional groups attached to an aromatic ring is 1. The Morgan fingerprint density at radius 3 is 2.28 bits per heavy atom. The Bertz CT molecular complexity index is 525. The molecule has 2 aromatic rings. The third-order valence-corrected chi connectivity index (χ3v) is 3.29. The van der Waals surface area contributed by atoms with E-state index in [1.54, 1.807) is 6.20 Å². The van der Waals surface area contributed by atoms with Crippen molar-refractivity contribution in [1.82, 2.24) is 9.78 Å². The number of rotatable bonds is 3. The molecule has 1 heterocycles. The van der Waals surface area contributed by atoms with Gasteiger partial charge in [-0.15, -0.1) is 0 Å². The van der Waals surface area contributed by atoms with Crippen LogP contribution in [0.1, 0.15) is 24.1 Å². The van der Waals surface area contributed by atoms with Crippen LogP contribution in [0.15, 0.2) is 30.5 Å². The molecular weight excluding hydrogens is 224 g/mol. The first kappa shape index (κ1) is 12.5. The number of anilines is 2. The summed E-state index contributed by atoms with van der Waals surface area (Å²) in [5.41, 5.74) is 9.43. The molecule has 2 rings (SSSR count). The number of benzene rings is 1. The minimum absolute atomic E-state index is 0.148. The first-order valence-corrected chi connectivity index (χ1v) is 6.07. The van der Waals surface area contributed by atoms with Crippen LogP contribution in [0.4, 0.5) is 11.5 Å². The predicted molar refractivity (Wildman–Crippen MR) is 76.0 cm³/mol. The van der Waals surface area contributed by atoms with Gasteiger partial charge in [0.25, 0.3) is 0 Å². The molecule has 0 spiro atoms. The van der Waals surface area contributed by atoms with Crippen LogP contribution in [0.5, 0.6) is 0 Å². The second kappa shape index (κ2) is 4.72. The molecule has 0 bridgehead atoms. The molecule has 0 radical (unpaired) electrons. The average molecular weight is 244 g/mol. The molecule has 96 valence electrons. The van der Waals surface area contributed by atoms with Crippen LogP contribution in [-0.4, -0.2) is 23.9 Å². The molecule has 0 saturated carbocycles. The highest BCUT2D eigenvalue weighted by Gasteiger charge is 2.12. The zero-order chi connectivity index (χ0) is 13.3. The SMILES string of the molecule is Cc1cnn(C(C)c2ccc(N(C)C)cc2)c1N. The topological polar surface area (TPSA) is 47.1 Å². The lowest BCUT2D eigenvalue weighted by atomic mass is 10.1. The number of hydrogen-bond donors (Lipinski definition) is 1. The Balaban J connectivity index is 2.29. The number of nitrogens with zero attached hydrogens (tertiary/aromatic N) is 3. The highest BCUT2D eigenvalue weighted by molar-refractivity contribution is 5.47. The maximum Gasteiger partial charge on any atom is 0.125 e. The van der Waals surface area contributed by atoms with Gasteiger partial charge in [-0.05, 0) is 31.5 Å². The second-order valence-corrected chi connectivity index (χ2v) is 4.82. The Morgan fingerprint density at radius 2 is 1.83 bits per heavy atom. The van der Waals surface area contributed by atoms with Crippen LogP contribution in [0.25, 0.3) is 0 Å². The summed E-state index contributed by atoms with van der Waals surface area (Å²) < 4.78 is 1.86. The standard InChI is InChI=1S/C14H20N4/c1-10-9-16-18(14(10)15)11(2)12-5-7-13(8-6-12)17(3)4/h5-9,11H,15H2,1-4H3. The quantitative estimate of drug-likeness (QED) is 0.902. The molecular formula is C14H20N4. The molecule has 0 aliphatic carbocycles. The molecule has 2 N–H and O–H groups in total. The van der Waals surface area contributed by atoms with Crippen LogP contribution in [0, 0.1) is 6.92 Å².